The van der Waals surface area contributed by atoms with Gasteiger partial charge in [0.05, 0.1) is 11.7 Å². The van der Waals surface area contributed by atoms with E-state index in [1.807, 2.05) is 18.2 Å². The Kier molecular flexibility index (Phi) is 4.49. The first-order valence-electron chi connectivity index (χ1n) is 7.83. The van der Waals surface area contributed by atoms with Gasteiger partial charge in [0.15, 0.2) is 0 Å². The summed E-state index contributed by atoms with van der Waals surface area (Å²) in [7, 11) is 0. The number of carbonyl (C=O) groups excluding carboxylic acids is 1. The number of likely N-dealkylation sites (tertiary alicyclic amines) is 1. The summed E-state index contributed by atoms with van der Waals surface area (Å²) in [5, 5.41) is 10.4. The zero-order valence-corrected chi connectivity index (χ0v) is 13.2. The number of aromatic nitrogens is 2. The monoisotopic (exact) mass is 340 g/mol. The van der Waals surface area contributed by atoms with Crippen molar-refractivity contribution in [3.05, 3.63) is 30.0 Å². The molecule has 2 N–H and O–H groups in total. The molecule has 3 rings (SSSR count). The number of hydrogen-bond donors (Lipinski definition) is 2. The number of hydrogen-bond acceptors (Lipinski definition) is 3. The lowest BCUT2D eigenvalue weighted by atomic mass is 9.96. The fourth-order valence-corrected chi connectivity index (χ4v) is 3.31. The average Bonchev–Trinajstić information content (AvgIpc) is 2.93. The molecular weight excluding hydrogens is 321 g/mol. The van der Waals surface area contributed by atoms with Crippen molar-refractivity contribution in [3.63, 3.8) is 0 Å². The van der Waals surface area contributed by atoms with E-state index in [0.29, 0.717) is 6.42 Å². The summed E-state index contributed by atoms with van der Waals surface area (Å²) in [6.07, 6.45) is -2.29. The summed E-state index contributed by atoms with van der Waals surface area (Å²) in [5.74, 6) is -0.218. The lowest BCUT2D eigenvalue weighted by molar-refractivity contribution is -0.194. The van der Waals surface area contributed by atoms with Crippen LogP contribution in [0.15, 0.2) is 24.4 Å². The van der Waals surface area contributed by atoms with Gasteiger partial charge in [0.2, 0.25) is 5.91 Å². The van der Waals surface area contributed by atoms with Gasteiger partial charge in [-0.15, -0.1) is 0 Å². The number of carbonyl (C=O) groups is 1. The number of rotatable bonds is 3. The van der Waals surface area contributed by atoms with Gasteiger partial charge in [0.1, 0.15) is 6.04 Å². The fourth-order valence-electron chi connectivity index (χ4n) is 3.31. The summed E-state index contributed by atoms with van der Waals surface area (Å²) in [5.41, 5.74) is 1.58. The van der Waals surface area contributed by atoms with Crippen LogP contribution >= 0.6 is 0 Å². The van der Waals surface area contributed by atoms with Crippen molar-refractivity contribution in [1.82, 2.24) is 20.4 Å². The molecule has 1 aromatic heterocycles. The van der Waals surface area contributed by atoms with Gasteiger partial charge in [-0.05, 0) is 24.5 Å². The van der Waals surface area contributed by atoms with Crippen molar-refractivity contribution in [2.45, 2.75) is 44.6 Å². The third-order valence-electron chi connectivity index (χ3n) is 4.36. The summed E-state index contributed by atoms with van der Waals surface area (Å²) in [6, 6.07) is 3.73. The van der Waals surface area contributed by atoms with Crippen LogP contribution in [0.5, 0.6) is 0 Å². The third-order valence-corrected chi connectivity index (χ3v) is 4.36. The first-order valence-corrected chi connectivity index (χ1v) is 7.83. The molecule has 2 atom stereocenters. The zero-order chi connectivity index (χ0) is 17.3. The van der Waals surface area contributed by atoms with E-state index in [2.05, 4.69) is 15.5 Å². The van der Waals surface area contributed by atoms with Crippen LogP contribution in [-0.2, 0) is 11.3 Å². The SMILES string of the molecule is CC(=O)NC1CCC(C(F)(F)F)N(Cc2ccc3cn[nH]c3c2)C1. The van der Waals surface area contributed by atoms with Gasteiger partial charge in [-0.1, -0.05) is 12.1 Å². The van der Waals surface area contributed by atoms with Crippen LogP contribution in [0.2, 0.25) is 0 Å². The largest absolute Gasteiger partial charge is 0.404 e. The molecule has 130 valence electrons. The van der Waals surface area contributed by atoms with E-state index in [-0.39, 0.29) is 31.5 Å². The predicted octanol–water partition coefficient (Wildman–Crippen LogP) is 2.59. The van der Waals surface area contributed by atoms with E-state index < -0.39 is 12.2 Å². The van der Waals surface area contributed by atoms with Crippen molar-refractivity contribution in [2.24, 2.45) is 0 Å². The second-order valence-electron chi connectivity index (χ2n) is 6.25. The highest BCUT2D eigenvalue weighted by molar-refractivity contribution is 5.78. The summed E-state index contributed by atoms with van der Waals surface area (Å²) in [6.45, 7) is 1.74. The van der Waals surface area contributed by atoms with Gasteiger partial charge in [0, 0.05) is 31.4 Å². The Morgan fingerprint density at radius 3 is 2.92 bits per heavy atom. The lowest BCUT2D eigenvalue weighted by Gasteiger charge is -2.40. The van der Waals surface area contributed by atoms with E-state index in [4.69, 9.17) is 0 Å². The highest BCUT2D eigenvalue weighted by Crippen LogP contribution is 2.33. The standard InChI is InChI=1S/C16H19F3N4O/c1-10(24)21-13-4-5-15(16(17,18)19)23(9-13)8-11-2-3-12-7-20-22-14(12)6-11/h2-3,6-7,13,15H,4-5,8-9H2,1H3,(H,20,22)(H,21,24). The Balaban J connectivity index is 1.80. The smallest absolute Gasteiger partial charge is 0.352 e. The molecule has 24 heavy (non-hydrogen) atoms. The van der Waals surface area contributed by atoms with Crippen molar-refractivity contribution < 1.29 is 18.0 Å². The van der Waals surface area contributed by atoms with E-state index >= 15 is 0 Å². The molecule has 1 saturated heterocycles. The molecule has 5 nitrogen and oxygen atoms in total. The Morgan fingerprint density at radius 1 is 1.42 bits per heavy atom. The molecule has 0 radical (unpaired) electrons. The Bertz CT molecular complexity index is 727. The first kappa shape index (κ1) is 16.8. The topological polar surface area (TPSA) is 61.0 Å². The number of amides is 1. The van der Waals surface area contributed by atoms with E-state index in [0.717, 1.165) is 16.5 Å². The molecular formula is C16H19F3N4O. The van der Waals surface area contributed by atoms with Gasteiger partial charge in [0.25, 0.3) is 0 Å². The number of nitrogens with zero attached hydrogens (tertiary/aromatic N) is 2. The molecule has 0 aliphatic carbocycles. The van der Waals surface area contributed by atoms with Gasteiger partial charge in [-0.3, -0.25) is 14.8 Å². The first-order chi connectivity index (χ1) is 11.3. The maximum absolute atomic E-state index is 13.3. The maximum atomic E-state index is 13.3. The van der Waals surface area contributed by atoms with E-state index in [9.17, 15) is 18.0 Å². The highest BCUT2D eigenvalue weighted by atomic mass is 19.4. The maximum Gasteiger partial charge on any atom is 0.404 e. The molecule has 0 saturated carbocycles. The number of piperidine rings is 1. The van der Waals surface area contributed by atoms with Crippen LogP contribution in [-0.4, -0.2) is 45.8 Å². The third kappa shape index (κ3) is 3.69. The summed E-state index contributed by atoms with van der Waals surface area (Å²) >= 11 is 0. The number of H-pyrrole nitrogens is 1. The Hall–Kier alpha value is -2.09. The van der Waals surface area contributed by atoms with Gasteiger partial charge in [-0.2, -0.15) is 18.3 Å². The molecule has 1 aliphatic rings. The van der Waals surface area contributed by atoms with Crippen LogP contribution in [0.1, 0.15) is 25.3 Å². The lowest BCUT2D eigenvalue weighted by Crippen LogP contribution is -2.55. The molecule has 1 aliphatic heterocycles. The van der Waals surface area contributed by atoms with Gasteiger partial charge in [-0.25, -0.2) is 0 Å². The minimum Gasteiger partial charge on any atom is -0.352 e. The second-order valence-corrected chi connectivity index (χ2v) is 6.25. The Labute approximate surface area is 137 Å². The van der Waals surface area contributed by atoms with Crippen LogP contribution in [0.3, 0.4) is 0 Å². The molecule has 1 aromatic carbocycles. The summed E-state index contributed by atoms with van der Waals surface area (Å²) in [4.78, 5) is 12.6. The van der Waals surface area contributed by atoms with Crippen molar-refractivity contribution in [1.29, 1.82) is 0 Å². The molecule has 8 heteroatoms. The number of benzene rings is 1. The number of alkyl halides is 3. The van der Waals surface area contributed by atoms with Crippen LogP contribution in [0, 0.1) is 0 Å². The summed E-state index contributed by atoms with van der Waals surface area (Å²) < 4.78 is 40.0. The molecule has 2 heterocycles. The van der Waals surface area contributed by atoms with Gasteiger partial charge < -0.3 is 5.32 Å². The van der Waals surface area contributed by atoms with Crippen LogP contribution in [0.25, 0.3) is 10.9 Å². The molecule has 0 spiro atoms. The molecule has 2 unspecified atom stereocenters. The average molecular weight is 340 g/mol. The number of aromatic amines is 1. The zero-order valence-electron chi connectivity index (χ0n) is 13.2. The van der Waals surface area contributed by atoms with Crippen molar-refractivity contribution in [2.75, 3.05) is 6.54 Å². The minimum atomic E-state index is -4.28. The number of halogens is 3. The molecule has 2 aromatic rings. The quantitative estimate of drug-likeness (QED) is 0.903. The predicted molar refractivity (Wildman–Crippen MR) is 83.2 cm³/mol. The van der Waals surface area contributed by atoms with Crippen molar-refractivity contribution in [3.8, 4) is 0 Å². The van der Waals surface area contributed by atoms with E-state index in [1.54, 1.807) is 6.20 Å². The Morgan fingerprint density at radius 2 is 2.21 bits per heavy atom. The molecule has 1 amide bonds. The molecule has 1 fully saturated rings. The van der Waals surface area contributed by atoms with Crippen molar-refractivity contribution >= 4 is 16.8 Å². The number of fused-ring (bicyclic) bond motifs is 1. The molecule has 0 bridgehead atoms. The minimum absolute atomic E-state index is 0.0131. The van der Waals surface area contributed by atoms with E-state index in [1.165, 1.54) is 11.8 Å². The van der Waals surface area contributed by atoms with Crippen LogP contribution < -0.4 is 5.32 Å². The second kappa shape index (κ2) is 6.43. The fraction of sp³-hybridized carbons (Fsp3) is 0.500. The van der Waals surface area contributed by atoms with Gasteiger partial charge >= 0.3 is 6.18 Å². The highest BCUT2D eigenvalue weighted by Gasteiger charge is 2.46. The van der Waals surface area contributed by atoms with Crippen LogP contribution in [0.4, 0.5) is 13.2 Å². The normalized spacial score (nSPS) is 22.7. The number of nitrogens with one attached hydrogen (secondary N) is 2.